The summed E-state index contributed by atoms with van der Waals surface area (Å²) in [6.07, 6.45) is 0. The summed E-state index contributed by atoms with van der Waals surface area (Å²) in [6.45, 7) is 0.359. The minimum Gasteiger partial charge on any atom is -0.345 e. The highest BCUT2D eigenvalue weighted by molar-refractivity contribution is 9.11. The van der Waals surface area contributed by atoms with Gasteiger partial charge < -0.3 is 10.3 Å². The minimum absolute atomic E-state index is 0.128. The third kappa shape index (κ3) is 2.85. The number of nitrogens with one attached hydrogen (secondary N) is 2. The zero-order chi connectivity index (χ0) is 15.8. The molecule has 0 saturated carbocycles. The van der Waals surface area contributed by atoms with Crippen LogP contribution in [0.4, 0.5) is 0 Å². The lowest BCUT2D eigenvalue weighted by molar-refractivity contribution is 0.0950. The van der Waals surface area contributed by atoms with Crippen LogP contribution in [0, 0.1) is 0 Å². The van der Waals surface area contributed by atoms with E-state index in [0.29, 0.717) is 12.1 Å². The van der Waals surface area contributed by atoms with E-state index in [4.69, 9.17) is 0 Å². The Morgan fingerprint density at radius 1 is 1.17 bits per heavy atom. The average molecular weight is 387 g/mol. The second-order valence-electron chi connectivity index (χ2n) is 5.03. The average Bonchev–Trinajstić information content (AvgIpc) is 3.13. The van der Waals surface area contributed by atoms with Crippen LogP contribution in [0.3, 0.4) is 0 Å². The van der Waals surface area contributed by atoms with Gasteiger partial charge in [0.2, 0.25) is 0 Å². The molecule has 0 aliphatic rings. The molecule has 2 aromatic heterocycles. The summed E-state index contributed by atoms with van der Waals surface area (Å²) in [5.74, 6) is 0.609. The highest BCUT2D eigenvalue weighted by atomic mass is 79.9. The fourth-order valence-electron chi connectivity index (χ4n) is 2.39. The Kier molecular flexibility index (Phi) is 3.59. The topological polar surface area (TPSA) is 70.7 Å². The van der Waals surface area contributed by atoms with Gasteiger partial charge in [0.25, 0.3) is 5.91 Å². The molecule has 0 fully saturated rings. The van der Waals surface area contributed by atoms with Crippen LogP contribution in [0.15, 0.2) is 46.4 Å². The number of carbonyl (C=O) groups excluding carboxylic acids is 1. The van der Waals surface area contributed by atoms with Gasteiger partial charge in [-0.15, -0.1) is 11.3 Å². The van der Waals surface area contributed by atoms with Crippen molar-refractivity contribution in [2.45, 2.75) is 6.54 Å². The van der Waals surface area contributed by atoms with Gasteiger partial charge in [-0.2, -0.15) is 0 Å². The van der Waals surface area contributed by atoms with Crippen molar-refractivity contribution in [3.8, 4) is 0 Å². The van der Waals surface area contributed by atoms with Crippen molar-refractivity contribution in [3.63, 3.8) is 0 Å². The molecular weight excluding hydrogens is 376 g/mol. The highest BCUT2D eigenvalue weighted by Gasteiger charge is 2.10. The van der Waals surface area contributed by atoms with Gasteiger partial charge in [0, 0.05) is 5.56 Å². The second kappa shape index (κ2) is 5.75. The number of aromatic amines is 1. The molecule has 0 atom stereocenters. The molecule has 0 saturated heterocycles. The smallest absolute Gasteiger partial charge is 0.251 e. The number of H-pyrrole nitrogens is 1. The lowest BCUT2D eigenvalue weighted by atomic mass is 10.2. The van der Waals surface area contributed by atoms with Crippen LogP contribution in [-0.4, -0.2) is 20.9 Å². The molecule has 7 heteroatoms. The fraction of sp³-hybridized carbons (Fsp3) is 0.0625. The Labute approximate surface area is 143 Å². The molecule has 23 heavy (non-hydrogen) atoms. The van der Waals surface area contributed by atoms with Crippen LogP contribution in [0.25, 0.3) is 21.3 Å². The predicted octanol–water partition coefficient (Wildman–Crippen LogP) is 3.87. The van der Waals surface area contributed by atoms with Gasteiger partial charge in [-0.3, -0.25) is 4.79 Å². The first-order valence-electron chi connectivity index (χ1n) is 6.97. The van der Waals surface area contributed by atoms with E-state index in [1.807, 2.05) is 36.4 Å². The van der Waals surface area contributed by atoms with Crippen molar-refractivity contribution < 1.29 is 4.79 Å². The SMILES string of the molecule is O=C(NCc1nc2ccccc2[nH]1)c1ccc2nc(Br)sc2c1. The van der Waals surface area contributed by atoms with Crippen molar-refractivity contribution >= 4 is 54.4 Å². The number of thiazole rings is 1. The van der Waals surface area contributed by atoms with Crippen LogP contribution in [0.2, 0.25) is 0 Å². The van der Waals surface area contributed by atoms with E-state index in [0.717, 1.165) is 31.0 Å². The Morgan fingerprint density at radius 2 is 2.04 bits per heavy atom. The van der Waals surface area contributed by atoms with Crippen molar-refractivity contribution in [1.29, 1.82) is 0 Å². The van der Waals surface area contributed by atoms with E-state index < -0.39 is 0 Å². The number of amides is 1. The Bertz CT molecular complexity index is 990. The number of nitrogens with zero attached hydrogens (tertiary/aromatic N) is 2. The van der Waals surface area contributed by atoms with Gasteiger partial charge in [0.1, 0.15) is 5.82 Å². The van der Waals surface area contributed by atoms with Gasteiger partial charge >= 0.3 is 0 Å². The zero-order valence-electron chi connectivity index (χ0n) is 11.8. The molecule has 0 unspecified atom stereocenters. The number of aromatic nitrogens is 3. The maximum absolute atomic E-state index is 12.3. The first-order valence-corrected chi connectivity index (χ1v) is 8.58. The van der Waals surface area contributed by atoms with E-state index in [1.165, 1.54) is 11.3 Å². The van der Waals surface area contributed by atoms with Gasteiger partial charge in [-0.05, 0) is 46.3 Å². The van der Waals surface area contributed by atoms with Crippen molar-refractivity contribution in [1.82, 2.24) is 20.3 Å². The van der Waals surface area contributed by atoms with Crippen molar-refractivity contribution in [2.75, 3.05) is 0 Å². The van der Waals surface area contributed by atoms with Gasteiger partial charge in [-0.1, -0.05) is 12.1 Å². The van der Waals surface area contributed by atoms with E-state index in [2.05, 4.69) is 36.2 Å². The number of halogens is 1. The Hall–Kier alpha value is -2.25. The van der Waals surface area contributed by atoms with Gasteiger partial charge in [0.05, 0.1) is 27.8 Å². The molecule has 2 aromatic carbocycles. The molecular formula is C16H11BrN4OS. The van der Waals surface area contributed by atoms with E-state index in [9.17, 15) is 4.79 Å². The molecule has 0 spiro atoms. The number of imidazole rings is 1. The number of fused-ring (bicyclic) bond motifs is 2. The molecule has 0 radical (unpaired) electrons. The zero-order valence-corrected chi connectivity index (χ0v) is 14.2. The molecule has 0 aliphatic carbocycles. The standard InChI is InChI=1S/C16H11BrN4OS/c17-16-21-12-6-5-9(7-13(12)23-16)15(22)18-8-14-19-10-3-1-2-4-11(10)20-14/h1-7H,8H2,(H,18,22)(H,19,20). The Balaban J connectivity index is 1.51. The van der Waals surface area contributed by atoms with Crippen LogP contribution in [-0.2, 0) is 6.54 Å². The third-order valence-electron chi connectivity index (χ3n) is 3.48. The van der Waals surface area contributed by atoms with Crippen LogP contribution >= 0.6 is 27.3 Å². The van der Waals surface area contributed by atoms with Crippen LogP contribution in [0.5, 0.6) is 0 Å². The third-order valence-corrected chi connectivity index (χ3v) is 4.95. The molecule has 4 rings (SSSR count). The lowest BCUT2D eigenvalue weighted by Crippen LogP contribution is -2.23. The summed E-state index contributed by atoms with van der Waals surface area (Å²) in [4.78, 5) is 24.3. The quantitative estimate of drug-likeness (QED) is 0.561. The number of hydrogen-bond acceptors (Lipinski definition) is 4. The summed E-state index contributed by atoms with van der Waals surface area (Å²) in [5, 5.41) is 2.89. The summed E-state index contributed by atoms with van der Waals surface area (Å²) < 4.78 is 1.79. The number of hydrogen-bond donors (Lipinski definition) is 2. The molecule has 5 nitrogen and oxygen atoms in total. The minimum atomic E-state index is -0.128. The van der Waals surface area contributed by atoms with Crippen LogP contribution in [0.1, 0.15) is 16.2 Å². The lowest BCUT2D eigenvalue weighted by Gasteiger charge is -2.03. The molecule has 2 heterocycles. The first kappa shape index (κ1) is 14.3. The molecule has 0 aliphatic heterocycles. The molecule has 2 N–H and O–H groups in total. The monoisotopic (exact) mass is 386 g/mol. The summed E-state index contributed by atoms with van der Waals surface area (Å²) in [5.41, 5.74) is 3.36. The number of carbonyl (C=O) groups is 1. The molecule has 0 bridgehead atoms. The second-order valence-corrected chi connectivity index (χ2v) is 7.34. The summed E-state index contributed by atoms with van der Waals surface area (Å²) >= 11 is 4.87. The largest absolute Gasteiger partial charge is 0.345 e. The van der Waals surface area contributed by atoms with Crippen molar-refractivity contribution in [3.05, 3.63) is 57.8 Å². The maximum Gasteiger partial charge on any atom is 0.251 e. The van der Waals surface area contributed by atoms with Crippen molar-refractivity contribution in [2.24, 2.45) is 0 Å². The van der Waals surface area contributed by atoms with Crippen LogP contribution < -0.4 is 5.32 Å². The van der Waals surface area contributed by atoms with E-state index in [1.54, 1.807) is 6.07 Å². The number of rotatable bonds is 3. The van der Waals surface area contributed by atoms with E-state index >= 15 is 0 Å². The summed E-state index contributed by atoms with van der Waals surface area (Å²) in [7, 11) is 0. The Morgan fingerprint density at radius 3 is 2.91 bits per heavy atom. The normalized spacial score (nSPS) is 11.2. The fourth-order valence-corrected chi connectivity index (χ4v) is 3.84. The van der Waals surface area contributed by atoms with E-state index in [-0.39, 0.29) is 5.91 Å². The first-order chi connectivity index (χ1) is 11.2. The summed E-state index contributed by atoms with van der Waals surface area (Å²) in [6, 6.07) is 13.3. The highest BCUT2D eigenvalue weighted by Crippen LogP contribution is 2.26. The molecule has 1 amide bonds. The maximum atomic E-state index is 12.3. The molecule has 114 valence electrons. The van der Waals surface area contributed by atoms with Gasteiger partial charge in [0.15, 0.2) is 3.92 Å². The van der Waals surface area contributed by atoms with Gasteiger partial charge in [-0.25, -0.2) is 9.97 Å². The molecule has 4 aromatic rings. The predicted molar refractivity (Wildman–Crippen MR) is 94.6 cm³/mol. The number of para-hydroxylation sites is 2. The number of benzene rings is 2.